The predicted molar refractivity (Wildman–Crippen MR) is 90.1 cm³/mol. The van der Waals surface area contributed by atoms with Gasteiger partial charge in [0.25, 0.3) is 0 Å². The second-order valence-electron chi connectivity index (χ2n) is 5.55. The van der Waals surface area contributed by atoms with Gasteiger partial charge in [0.1, 0.15) is 5.75 Å². The van der Waals surface area contributed by atoms with E-state index in [-0.39, 0.29) is 5.56 Å². The van der Waals surface area contributed by atoms with Crippen molar-refractivity contribution in [3.8, 4) is 5.75 Å². The van der Waals surface area contributed by atoms with Gasteiger partial charge < -0.3 is 20.1 Å². The molecule has 5 nitrogen and oxygen atoms in total. The SMILES string of the molecule is COc1cc(C(=O)O)ccc1Cc1cn(C)c2ccc(N)cc12. The number of nitrogen functional groups attached to an aromatic ring is 1. The maximum Gasteiger partial charge on any atom is 0.335 e. The fourth-order valence-corrected chi connectivity index (χ4v) is 2.86. The number of aryl methyl sites for hydroxylation is 1. The van der Waals surface area contributed by atoms with Crippen LogP contribution in [0.5, 0.6) is 5.75 Å². The molecule has 0 spiro atoms. The highest BCUT2D eigenvalue weighted by atomic mass is 16.5. The molecule has 5 heteroatoms. The van der Waals surface area contributed by atoms with Crippen molar-refractivity contribution in [2.75, 3.05) is 12.8 Å². The molecule has 0 fully saturated rings. The van der Waals surface area contributed by atoms with Gasteiger partial charge in [-0.2, -0.15) is 0 Å². The van der Waals surface area contributed by atoms with Gasteiger partial charge in [-0.1, -0.05) is 6.07 Å². The number of hydrogen-bond acceptors (Lipinski definition) is 3. The highest BCUT2D eigenvalue weighted by Crippen LogP contribution is 2.29. The number of fused-ring (bicyclic) bond motifs is 1. The molecule has 2 aromatic carbocycles. The summed E-state index contributed by atoms with van der Waals surface area (Å²) in [6.45, 7) is 0. The van der Waals surface area contributed by atoms with Crippen molar-refractivity contribution in [3.05, 3.63) is 59.3 Å². The average molecular weight is 310 g/mol. The van der Waals surface area contributed by atoms with Crippen LogP contribution in [0.4, 0.5) is 5.69 Å². The third kappa shape index (κ3) is 2.73. The fourth-order valence-electron chi connectivity index (χ4n) is 2.86. The van der Waals surface area contributed by atoms with Crippen LogP contribution in [-0.2, 0) is 13.5 Å². The molecule has 3 N–H and O–H groups in total. The Balaban J connectivity index is 2.05. The number of rotatable bonds is 4. The lowest BCUT2D eigenvalue weighted by Crippen LogP contribution is -2.00. The zero-order valence-corrected chi connectivity index (χ0v) is 13.0. The number of benzene rings is 2. The van der Waals surface area contributed by atoms with E-state index in [1.54, 1.807) is 25.3 Å². The molecule has 0 aliphatic rings. The summed E-state index contributed by atoms with van der Waals surface area (Å²) in [6.07, 6.45) is 2.71. The number of methoxy groups -OCH3 is 1. The summed E-state index contributed by atoms with van der Waals surface area (Å²) < 4.78 is 7.41. The maximum absolute atomic E-state index is 11.1. The summed E-state index contributed by atoms with van der Waals surface area (Å²) >= 11 is 0. The van der Waals surface area contributed by atoms with Gasteiger partial charge in [-0.15, -0.1) is 0 Å². The molecule has 0 bridgehead atoms. The number of nitrogens with zero attached hydrogens (tertiary/aromatic N) is 1. The standard InChI is InChI=1S/C18H18N2O3/c1-20-10-13(15-9-14(19)5-6-16(15)20)7-11-3-4-12(18(21)22)8-17(11)23-2/h3-6,8-10H,7,19H2,1-2H3,(H,21,22). The summed E-state index contributed by atoms with van der Waals surface area (Å²) in [7, 11) is 3.54. The van der Waals surface area contributed by atoms with Gasteiger partial charge in [0.2, 0.25) is 0 Å². The summed E-state index contributed by atoms with van der Waals surface area (Å²) in [6, 6.07) is 10.8. The number of aromatic nitrogens is 1. The van der Waals surface area contributed by atoms with Crippen molar-refractivity contribution < 1.29 is 14.6 Å². The monoisotopic (exact) mass is 310 g/mol. The van der Waals surface area contributed by atoms with E-state index in [4.69, 9.17) is 15.6 Å². The molecule has 0 atom stereocenters. The highest BCUT2D eigenvalue weighted by Gasteiger charge is 2.13. The molecule has 23 heavy (non-hydrogen) atoms. The Hall–Kier alpha value is -2.95. The third-order valence-corrected chi connectivity index (χ3v) is 4.01. The molecule has 118 valence electrons. The zero-order valence-electron chi connectivity index (χ0n) is 13.0. The van der Waals surface area contributed by atoms with Crippen molar-refractivity contribution in [1.29, 1.82) is 0 Å². The Bertz CT molecular complexity index is 897. The molecule has 0 aliphatic carbocycles. The average Bonchev–Trinajstić information content (AvgIpc) is 2.83. The van der Waals surface area contributed by atoms with Crippen LogP contribution >= 0.6 is 0 Å². The minimum absolute atomic E-state index is 0.216. The molecule has 1 heterocycles. The fraction of sp³-hybridized carbons (Fsp3) is 0.167. The molecule has 3 aromatic rings. The number of nitrogens with two attached hydrogens (primary N) is 1. The van der Waals surface area contributed by atoms with Crippen LogP contribution < -0.4 is 10.5 Å². The van der Waals surface area contributed by atoms with Crippen molar-refractivity contribution in [3.63, 3.8) is 0 Å². The maximum atomic E-state index is 11.1. The molecular weight excluding hydrogens is 292 g/mol. The number of carboxylic acids is 1. The second-order valence-corrected chi connectivity index (χ2v) is 5.55. The summed E-state index contributed by atoms with van der Waals surface area (Å²) in [5, 5.41) is 10.2. The van der Waals surface area contributed by atoms with Crippen LogP contribution in [0.25, 0.3) is 10.9 Å². The first-order valence-electron chi connectivity index (χ1n) is 7.23. The first-order chi connectivity index (χ1) is 11.0. The Labute approximate surface area is 133 Å². The van der Waals surface area contributed by atoms with Crippen LogP contribution in [0.1, 0.15) is 21.5 Å². The lowest BCUT2D eigenvalue weighted by molar-refractivity contribution is 0.0696. The molecule has 0 unspecified atom stereocenters. The number of aromatic carboxylic acids is 1. The third-order valence-electron chi connectivity index (χ3n) is 4.01. The second kappa shape index (κ2) is 5.68. The number of carboxylic acid groups (broad SMARTS) is 1. The first kappa shape index (κ1) is 15.0. The van der Waals surface area contributed by atoms with E-state index in [0.29, 0.717) is 12.2 Å². The van der Waals surface area contributed by atoms with Gasteiger partial charge in [0.15, 0.2) is 0 Å². The predicted octanol–water partition coefficient (Wildman–Crippen LogP) is 3.06. The summed E-state index contributed by atoms with van der Waals surface area (Å²) in [5.74, 6) is -0.390. The van der Waals surface area contributed by atoms with E-state index in [1.807, 2.05) is 25.2 Å². The summed E-state index contributed by atoms with van der Waals surface area (Å²) in [5.41, 5.74) is 10.0. The number of ether oxygens (including phenoxy) is 1. The Kier molecular flexibility index (Phi) is 3.70. The number of anilines is 1. The molecule has 0 saturated carbocycles. The molecule has 0 radical (unpaired) electrons. The Morgan fingerprint density at radius 2 is 2.00 bits per heavy atom. The van der Waals surface area contributed by atoms with E-state index in [0.717, 1.165) is 27.7 Å². The molecule has 3 rings (SSSR count). The van der Waals surface area contributed by atoms with E-state index in [1.165, 1.54) is 0 Å². The van der Waals surface area contributed by atoms with Crippen molar-refractivity contribution in [1.82, 2.24) is 4.57 Å². The van der Waals surface area contributed by atoms with Gasteiger partial charge in [-0.05, 0) is 41.5 Å². The lowest BCUT2D eigenvalue weighted by atomic mass is 10.0. The van der Waals surface area contributed by atoms with Crippen molar-refractivity contribution in [2.24, 2.45) is 7.05 Å². The van der Waals surface area contributed by atoms with Crippen LogP contribution in [0.2, 0.25) is 0 Å². The quantitative estimate of drug-likeness (QED) is 0.726. The topological polar surface area (TPSA) is 77.5 Å². The number of carbonyl (C=O) groups is 1. The Morgan fingerprint density at radius 1 is 1.22 bits per heavy atom. The minimum atomic E-state index is -0.965. The van der Waals surface area contributed by atoms with E-state index >= 15 is 0 Å². The van der Waals surface area contributed by atoms with E-state index in [9.17, 15) is 4.79 Å². The van der Waals surface area contributed by atoms with Gasteiger partial charge in [0, 0.05) is 36.3 Å². The van der Waals surface area contributed by atoms with Crippen LogP contribution in [0.15, 0.2) is 42.6 Å². The van der Waals surface area contributed by atoms with Crippen LogP contribution in [0.3, 0.4) is 0 Å². The molecular formula is C18H18N2O3. The molecule has 0 amide bonds. The normalized spacial score (nSPS) is 10.9. The number of hydrogen-bond donors (Lipinski definition) is 2. The molecule has 0 aliphatic heterocycles. The zero-order chi connectivity index (χ0) is 16.6. The van der Waals surface area contributed by atoms with Crippen molar-refractivity contribution in [2.45, 2.75) is 6.42 Å². The van der Waals surface area contributed by atoms with Gasteiger partial charge >= 0.3 is 5.97 Å². The Morgan fingerprint density at radius 3 is 2.70 bits per heavy atom. The largest absolute Gasteiger partial charge is 0.496 e. The smallest absolute Gasteiger partial charge is 0.335 e. The lowest BCUT2D eigenvalue weighted by Gasteiger charge is -2.09. The summed E-state index contributed by atoms with van der Waals surface area (Å²) in [4.78, 5) is 11.1. The van der Waals surface area contributed by atoms with Crippen LogP contribution in [0, 0.1) is 0 Å². The first-order valence-corrected chi connectivity index (χ1v) is 7.23. The van der Waals surface area contributed by atoms with E-state index in [2.05, 4.69) is 10.8 Å². The minimum Gasteiger partial charge on any atom is -0.496 e. The van der Waals surface area contributed by atoms with Gasteiger partial charge in [-0.3, -0.25) is 0 Å². The molecule has 0 saturated heterocycles. The van der Waals surface area contributed by atoms with Gasteiger partial charge in [-0.25, -0.2) is 4.79 Å². The van der Waals surface area contributed by atoms with Crippen LogP contribution in [-0.4, -0.2) is 22.8 Å². The highest BCUT2D eigenvalue weighted by molar-refractivity contribution is 5.89. The van der Waals surface area contributed by atoms with Crippen molar-refractivity contribution >= 4 is 22.6 Å². The van der Waals surface area contributed by atoms with E-state index < -0.39 is 5.97 Å². The molecule has 1 aromatic heterocycles. The van der Waals surface area contributed by atoms with Gasteiger partial charge in [0.05, 0.1) is 12.7 Å².